The highest BCUT2D eigenvalue weighted by Gasteiger charge is 2.09. The van der Waals surface area contributed by atoms with E-state index in [0.717, 1.165) is 16.7 Å². The predicted octanol–water partition coefficient (Wildman–Crippen LogP) is 3.85. The minimum atomic E-state index is -0.397. The van der Waals surface area contributed by atoms with Crippen LogP contribution in [0.2, 0.25) is 0 Å². The second kappa shape index (κ2) is 6.53. The number of amides is 1. The average molecular weight is 276 g/mol. The van der Waals surface area contributed by atoms with Gasteiger partial charge in [-0.1, -0.05) is 36.4 Å². The summed E-state index contributed by atoms with van der Waals surface area (Å²) in [7, 11) is 0. The van der Waals surface area contributed by atoms with Gasteiger partial charge in [0, 0.05) is 5.69 Å². The lowest BCUT2D eigenvalue weighted by Gasteiger charge is -2.07. The zero-order chi connectivity index (χ0) is 15.2. The van der Waals surface area contributed by atoms with Crippen molar-refractivity contribution in [2.75, 3.05) is 5.32 Å². The molecule has 0 unspecified atom stereocenters. The van der Waals surface area contributed by atoms with Gasteiger partial charge >= 0.3 is 0 Å². The van der Waals surface area contributed by atoms with E-state index in [1.807, 2.05) is 68.4 Å². The average Bonchev–Trinajstić information content (AvgIpc) is 2.44. The number of benzene rings is 2. The van der Waals surface area contributed by atoms with Gasteiger partial charge in [0.05, 0.1) is 0 Å². The summed E-state index contributed by atoms with van der Waals surface area (Å²) in [6.07, 6.45) is 1.58. The van der Waals surface area contributed by atoms with Gasteiger partial charge in [-0.15, -0.1) is 0 Å². The first-order valence-corrected chi connectivity index (χ1v) is 6.65. The highest BCUT2D eigenvalue weighted by Crippen LogP contribution is 2.15. The van der Waals surface area contributed by atoms with Crippen LogP contribution in [0.15, 0.2) is 54.1 Å². The molecule has 0 fully saturated rings. The Balaban J connectivity index is 2.22. The molecule has 1 amide bonds. The van der Waals surface area contributed by atoms with Gasteiger partial charge in [-0.3, -0.25) is 4.79 Å². The van der Waals surface area contributed by atoms with Crippen LogP contribution < -0.4 is 5.32 Å². The van der Waals surface area contributed by atoms with Gasteiger partial charge in [0.15, 0.2) is 0 Å². The summed E-state index contributed by atoms with van der Waals surface area (Å²) in [4.78, 5) is 12.2. The Bertz CT molecular complexity index is 704. The van der Waals surface area contributed by atoms with Gasteiger partial charge in [-0.25, -0.2) is 0 Å². The molecule has 0 saturated heterocycles. The number of hydrogen-bond donors (Lipinski definition) is 1. The molecule has 0 spiro atoms. The second-order valence-electron chi connectivity index (χ2n) is 4.91. The zero-order valence-electron chi connectivity index (χ0n) is 12.1. The van der Waals surface area contributed by atoms with Crippen LogP contribution >= 0.6 is 0 Å². The fraction of sp³-hybridized carbons (Fsp3) is 0.111. The van der Waals surface area contributed by atoms with E-state index in [9.17, 15) is 4.79 Å². The molecule has 0 aliphatic rings. The van der Waals surface area contributed by atoms with Crippen LogP contribution in [0, 0.1) is 25.2 Å². The Morgan fingerprint density at radius 1 is 1.10 bits per heavy atom. The van der Waals surface area contributed by atoms with Crippen molar-refractivity contribution in [1.29, 1.82) is 5.26 Å². The monoisotopic (exact) mass is 276 g/mol. The predicted molar refractivity (Wildman–Crippen MR) is 84.6 cm³/mol. The fourth-order valence-corrected chi connectivity index (χ4v) is 2.11. The van der Waals surface area contributed by atoms with Gasteiger partial charge < -0.3 is 5.32 Å². The van der Waals surface area contributed by atoms with Crippen LogP contribution in [0.4, 0.5) is 5.69 Å². The molecule has 21 heavy (non-hydrogen) atoms. The Morgan fingerprint density at radius 2 is 1.71 bits per heavy atom. The Kier molecular flexibility index (Phi) is 4.53. The first kappa shape index (κ1) is 14.5. The minimum Gasteiger partial charge on any atom is -0.321 e. The molecule has 3 heteroatoms. The van der Waals surface area contributed by atoms with E-state index in [0.29, 0.717) is 5.69 Å². The number of nitrogens with zero attached hydrogens (tertiary/aromatic N) is 1. The van der Waals surface area contributed by atoms with Crippen LogP contribution in [0.1, 0.15) is 16.7 Å². The van der Waals surface area contributed by atoms with Crippen molar-refractivity contribution in [3.8, 4) is 6.07 Å². The largest absolute Gasteiger partial charge is 0.321 e. The summed E-state index contributed by atoms with van der Waals surface area (Å²) in [5.74, 6) is -0.397. The number of nitriles is 1. The van der Waals surface area contributed by atoms with Crippen molar-refractivity contribution in [3.05, 3.63) is 70.8 Å². The maximum Gasteiger partial charge on any atom is 0.266 e. The van der Waals surface area contributed by atoms with Gasteiger partial charge in [0.25, 0.3) is 5.91 Å². The Labute approximate surface area is 124 Å². The van der Waals surface area contributed by atoms with Crippen LogP contribution in [-0.2, 0) is 4.79 Å². The standard InChI is InChI=1S/C18H16N2O/c1-13-8-14(2)10-17(9-13)20-18(21)16(12-19)11-15-6-4-3-5-7-15/h3-11H,1-2H3,(H,20,21)/b16-11+. The molecule has 0 heterocycles. The summed E-state index contributed by atoms with van der Waals surface area (Å²) in [6.45, 7) is 3.93. The van der Waals surface area contributed by atoms with Crippen molar-refractivity contribution >= 4 is 17.7 Å². The lowest BCUT2D eigenvalue weighted by Crippen LogP contribution is -2.13. The van der Waals surface area contributed by atoms with E-state index in [-0.39, 0.29) is 5.57 Å². The van der Waals surface area contributed by atoms with Crippen molar-refractivity contribution in [2.45, 2.75) is 13.8 Å². The van der Waals surface area contributed by atoms with E-state index in [4.69, 9.17) is 5.26 Å². The quantitative estimate of drug-likeness (QED) is 0.684. The number of aryl methyl sites for hydroxylation is 2. The molecule has 3 nitrogen and oxygen atoms in total. The summed E-state index contributed by atoms with van der Waals surface area (Å²) < 4.78 is 0. The number of rotatable bonds is 3. The van der Waals surface area contributed by atoms with Crippen LogP contribution in [0.25, 0.3) is 6.08 Å². The van der Waals surface area contributed by atoms with Crippen LogP contribution in [-0.4, -0.2) is 5.91 Å². The second-order valence-corrected chi connectivity index (χ2v) is 4.91. The van der Waals surface area contributed by atoms with Gasteiger partial charge in [-0.05, 0) is 48.7 Å². The molecular formula is C18H16N2O. The van der Waals surface area contributed by atoms with Gasteiger partial charge in [0.1, 0.15) is 11.6 Å². The van der Waals surface area contributed by atoms with Crippen molar-refractivity contribution in [2.24, 2.45) is 0 Å². The third-order valence-electron chi connectivity index (χ3n) is 2.96. The molecule has 104 valence electrons. The van der Waals surface area contributed by atoms with Gasteiger partial charge in [0.2, 0.25) is 0 Å². The summed E-state index contributed by atoms with van der Waals surface area (Å²) in [5, 5.41) is 11.9. The maximum atomic E-state index is 12.2. The molecule has 0 saturated carbocycles. The van der Waals surface area contributed by atoms with Crippen LogP contribution in [0.3, 0.4) is 0 Å². The number of hydrogen-bond acceptors (Lipinski definition) is 2. The third-order valence-corrected chi connectivity index (χ3v) is 2.96. The topological polar surface area (TPSA) is 52.9 Å². The summed E-state index contributed by atoms with van der Waals surface area (Å²) in [5.41, 5.74) is 3.74. The first-order valence-electron chi connectivity index (χ1n) is 6.65. The molecule has 0 atom stereocenters. The normalized spacial score (nSPS) is 10.8. The van der Waals surface area contributed by atoms with Crippen molar-refractivity contribution in [3.63, 3.8) is 0 Å². The number of anilines is 1. The lowest BCUT2D eigenvalue weighted by atomic mass is 10.1. The lowest BCUT2D eigenvalue weighted by molar-refractivity contribution is -0.112. The van der Waals surface area contributed by atoms with E-state index in [1.165, 1.54) is 0 Å². The summed E-state index contributed by atoms with van der Waals surface area (Å²) >= 11 is 0. The first-order chi connectivity index (χ1) is 10.1. The molecule has 0 aliphatic heterocycles. The fourth-order valence-electron chi connectivity index (χ4n) is 2.11. The molecule has 2 aromatic rings. The molecular weight excluding hydrogens is 260 g/mol. The number of carbonyl (C=O) groups is 1. The van der Waals surface area contributed by atoms with Crippen LogP contribution in [0.5, 0.6) is 0 Å². The maximum absolute atomic E-state index is 12.2. The van der Waals surface area contributed by atoms with Crippen molar-refractivity contribution < 1.29 is 4.79 Å². The zero-order valence-corrected chi connectivity index (χ0v) is 12.1. The molecule has 0 aliphatic carbocycles. The molecule has 0 radical (unpaired) electrons. The number of carbonyl (C=O) groups excluding carboxylic acids is 1. The minimum absolute atomic E-state index is 0.0837. The molecule has 2 rings (SSSR count). The van der Waals surface area contributed by atoms with E-state index < -0.39 is 5.91 Å². The van der Waals surface area contributed by atoms with Gasteiger partial charge in [-0.2, -0.15) is 5.26 Å². The Hall–Kier alpha value is -2.86. The van der Waals surface area contributed by atoms with Crippen molar-refractivity contribution in [1.82, 2.24) is 0 Å². The molecule has 2 aromatic carbocycles. The van der Waals surface area contributed by atoms with E-state index in [1.54, 1.807) is 6.08 Å². The SMILES string of the molecule is Cc1cc(C)cc(NC(=O)/C(C#N)=C/c2ccccc2)c1. The molecule has 1 N–H and O–H groups in total. The van der Waals surface area contributed by atoms with E-state index >= 15 is 0 Å². The highest BCUT2D eigenvalue weighted by atomic mass is 16.1. The smallest absolute Gasteiger partial charge is 0.266 e. The highest BCUT2D eigenvalue weighted by molar-refractivity contribution is 6.09. The molecule has 0 bridgehead atoms. The van der Waals surface area contributed by atoms with E-state index in [2.05, 4.69) is 5.32 Å². The Morgan fingerprint density at radius 3 is 2.29 bits per heavy atom. The third kappa shape index (κ3) is 4.05. The molecule has 0 aromatic heterocycles. The number of nitrogens with one attached hydrogen (secondary N) is 1. The summed E-state index contributed by atoms with van der Waals surface area (Å²) in [6, 6.07) is 17.0.